The number of pyridine rings is 1. The van der Waals surface area contributed by atoms with Crippen molar-refractivity contribution in [1.29, 1.82) is 0 Å². The van der Waals surface area contributed by atoms with Gasteiger partial charge in [-0.2, -0.15) is 5.10 Å². The van der Waals surface area contributed by atoms with Crippen LogP contribution in [0.3, 0.4) is 0 Å². The van der Waals surface area contributed by atoms with Gasteiger partial charge in [0, 0.05) is 6.20 Å². The van der Waals surface area contributed by atoms with Crippen LogP contribution in [-0.2, 0) is 6.54 Å². The molecule has 106 valence electrons. The maximum atomic E-state index is 5.85. The zero-order valence-electron chi connectivity index (χ0n) is 11.6. The first kappa shape index (κ1) is 13.6. The van der Waals surface area contributed by atoms with Crippen molar-refractivity contribution in [2.75, 3.05) is 5.32 Å². The van der Waals surface area contributed by atoms with Crippen LogP contribution in [0.15, 0.2) is 54.7 Å². The van der Waals surface area contributed by atoms with Crippen molar-refractivity contribution in [2.45, 2.75) is 13.5 Å². The highest BCUT2D eigenvalue weighted by molar-refractivity contribution is 6.29. The molecule has 0 aliphatic carbocycles. The summed E-state index contributed by atoms with van der Waals surface area (Å²) in [5, 5.41) is 8.38. The van der Waals surface area contributed by atoms with Crippen molar-refractivity contribution < 1.29 is 0 Å². The van der Waals surface area contributed by atoms with Crippen LogP contribution < -0.4 is 5.32 Å². The first-order chi connectivity index (χ1) is 10.2. The molecule has 0 aliphatic heterocycles. The SMILES string of the molecule is Cc1nc(Cl)ccc1NCc1ccn(-c2ccccc2)n1. The summed E-state index contributed by atoms with van der Waals surface area (Å²) in [6.45, 7) is 2.57. The van der Waals surface area contributed by atoms with E-state index in [-0.39, 0.29) is 0 Å². The third kappa shape index (κ3) is 3.23. The van der Waals surface area contributed by atoms with Gasteiger partial charge in [-0.3, -0.25) is 0 Å². The topological polar surface area (TPSA) is 42.7 Å². The average Bonchev–Trinajstić information content (AvgIpc) is 2.96. The van der Waals surface area contributed by atoms with Gasteiger partial charge in [0.15, 0.2) is 0 Å². The molecule has 4 nitrogen and oxygen atoms in total. The van der Waals surface area contributed by atoms with Gasteiger partial charge in [0.25, 0.3) is 0 Å². The molecule has 21 heavy (non-hydrogen) atoms. The Balaban J connectivity index is 1.70. The van der Waals surface area contributed by atoms with Gasteiger partial charge in [0.1, 0.15) is 5.15 Å². The minimum absolute atomic E-state index is 0.506. The first-order valence-corrected chi connectivity index (χ1v) is 7.07. The molecule has 0 amide bonds. The molecule has 0 spiro atoms. The lowest BCUT2D eigenvalue weighted by Gasteiger charge is -2.07. The minimum atomic E-state index is 0.506. The molecule has 5 heteroatoms. The molecule has 0 atom stereocenters. The Hall–Kier alpha value is -2.33. The van der Waals surface area contributed by atoms with E-state index in [1.54, 1.807) is 6.07 Å². The summed E-state index contributed by atoms with van der Waals surface area (Å²) < 4.78 is 1.87. The Labute approximate surface area is 128 Å². The molecular weight excluding hydrogens is 284 g/mol. The van der Waals surface area contributed by atoms with Gasteiger partial charge < -0.3 is 5.32 Å². The van der Waals surface area contributed by atoms with Gasteiger partial charge in [-0.25, -0.2) is 9.67 Å². The number of aromatic nitrogens is 3. The van der Waals surface area contributed by atoms with Crippen LogP contribution in [0.25, 0.3) is 5.69 Å². The van der Waals surface area contributed by atoms with E-state index in [2.05, 4.69) is 15.4 Å². The highest BCUT2D eigenvalue weighted by Gasteiger charge is 2.03. The molecule has 2 aromatic heterocycles. The van der Waals surface area contributed by atoms with E-state index in [0.717, 1.165) is 22.8 Å². The van der Waals surface area contributed by atoms with Crippen molar-refractivity contribution in [1.82, 2.24) is 14.8 Å². The summed E-state index contributed by atoms with van der Waals surface area (Å²) in [6.07, 6.45) is 1.96. The van der Waals surface area contributed by atoms with Crippen LogP contribution in [0.1, 0.15) is 11.4 Å². The molecule has 3 rings (SSSR count). The van der Waals surface area contributed by atoms with Crippen molar-refractivity contribution in [3.63, 3.8) is 0 Å². The van der Waals surface area contributed by atoms with Gasteiger partial charge in [-0.1, -0.05) is 29.8 Å². The van der Waals surface area contributed by atoms with Crippen molar-refractivity contribution in [3.8, 4) is 5.69 Å². The average molecular weight is 299 g/mol. The Morgan fingerprint density at radius 2 is 1.90 bits per heavy atom. The molecule has 1 aromatic carbocycles. The number of hydrogen-bond acceptors (Lipinski definition) is 3. The predicted molar refractivity (Wildman–Crippen MR) is 84.9 cm³/mol. The van der Waals surface area contributed by atoms with Crippen LogP contribution in [0, 0.1) is 6.92 Å². The number of nitrogens with one attached hydrogen (secondary N) is 1. The number of benzene rings is 1. The van der Waals surface area contributed by atoms with Crippen molar-refractivity contribution in [3.05, 3.63) is 71.3 Å². The fraction of sp³-hybridized carbons (Fsp3) is 0.125. The quantitative estimate of drug-likeness (QED) is 0.744. The van der Waals surface area contributed by atoms with E-state index in [4.69, 9.17) is 11.6 Å². The summed E-state index contributed by atoms with van der Waals surface area (Å²) >= 11 is 5.85. The molecule has 0 fully saturated rings. The summed E-state index contributed by atoms with van der Waals surface area (Å²) in [4.78, 5) is 4.22. The van der Waals surface area contributed by atoms with Gasteiger partial charge in [0.05, 0.1) is 29.3 Å². The number of hydrogen-bond donors (Lipinski definition) is 1. The van der Waals surface area contributed by atoms with E-state index in [0.29, 0.717) is 11.7 Å². The normalized spacial score (nSPS) is 10.6. The Morgan fingerprint density at radius 3 is 2.67 bits per heavy atom. The van der Waals surface area contributed by atoms with E-state index < -0.39 is 0 Å². The Morgan fingerprint density at radius 1 is 1.10 bits per heavy atom. The van der Waals surface area contributed by atoms with Crippen LogP contribution in [0.2, 0.25) is 5.15 Å². The molecular formula is C16H15ClN4. The Bertz CT molecular complexity index is 737. The third-order valence-electron chi connectivity index (χ3n) is 3.18. The first-order valence-electron chi connectivity index (χ1n) is 6.69. The second-order valence-electron chi connectivity index (χ2n) is 4.71. The Kier molecular flexibility index (Phi) is 3.88. The monoisotopic (exact) mass is 298 g/mol. The molecule has 1 N–H and O–H groups in total. The van der Waals surface area contributed by atoms with Crippen LogP contribution >= 0.6 is 11.6 Å². The van der Waals surface area contributed by atoms with E-state index in [1.165, 1.54) is 0 Å². The minimum Gasteiger partial charge on any atom is -0.378 e. The fourth-order valence-corrected chi connectivity index (χ4v) is 2.27. The van der Waals surface area contributed by atoms with Crippen LogP contribution in [0.5, 0.6) is 0 Å². The van der Waals surface area contributed by atoms with Crippen molar-refractivity contribution in [2.24, 2.45) is 0 Å². The number of nitrogens with zero attached hydrogens (tertiary/aromatic N) is 3. The lowest BCUT2D eigenvalue weighted by Crippen LogP contribution is -2.04. The second-order valence-corrected chi connectivity index (χ2v) is 5.09. The van der Waals surface area contributed by atoms with E-state index in [1.807, 2.05) is 60.3 Å². The molecule has 3 aromatic rings. The van der Waals surface area contributed by atoms with E-state index in [9.17, 15) is 0 Å². The number of halogens is 1. The summed E-state index contributed by atoms with van der Waals surface area (Å²) in [5.74, 6) is 0. The molecule has 2 heterocycles. The molecule has 0 saturated heterocycles. The smallest absolute Gasteiger partial charge is 0.129 e. The van der Waals surface area contributed by atoms with Crippen molar-refractivity contribution >= 4 is 17.3 Å². The van der Waals surface area contributed by atoms with Crippen LogP contribution in [0.4, 0.5) is 5.69 Å². The highest BCUT2D eigenvalue weighted by Crippen LogP contribution is 2.16. The van der Waals surface area contributed by atoms with E-state index >= 15 is 0 Å². The van der Waals surface area contributed by atoms with Crippen LogP contribution in [-0.4, -0.2) is 14.8 Å². The highest BCUT2D eigenvalue weighted by atomic mass is 35.5. The summed E-state index contributed by atoms with van der Waals surface area (Å²) in [6, 6.07) is 15.7. The molecule has 0 bridgehead atoms. The largest absolute Gasteiger partial charge is 0.378 e. The number of anilines is 1. The number of aryl methyl sites for hydroxylation is 1. The van der Waals surface area contributed by atoms with Gasteiger partial charge >= 0.3 is 0 Å². The maximum Gasteiger partial charge on any atom is 0.129 e. The number of rotatable bonds is 4. The molecule has 0 radical (unpaired) electrons. The van der Waals surface area contributed by atoms with Gasteiger partial charge in [-0.05, 0) is 37.3 Å². The maximum absolute atomic E-state index is 5.85. The van der Waals surface area contributed by atoms with Gasteiger partial charge in [-0.15, -0.1) is 0 Å². The molecule has 0 unspecified atom stereocenters. The summed E-state index contributed by atoms with van der Waals surface area (Å²) in [5.41, 5.74) is 3.86. The zero-order valence-corrected chi connectivity index (χ0v) is 12.4. The van der Waals surface area contributed by atoms with Gasteiger partial charge in [0.2, 0.25) is 0 Å². The molecule has 0 saturated carbocycles. The fourth-order valence-electron chi connectivity index (χ4n) is 2.08. The second kappa shape index (κ2) is 5.97. The lowest BCUT2D eigenvalue weighted by molar-refractivity contribution is 0.843. The molecule has 0 aliphatic rings. The number of para-hydroxylation sites is 1. The zero-order chi connectivity index (χ0) is 14.7. The lowest BCUT2D eigenvalue weighted by atomic mass is 10.3. The summed E-state index contributed by atoms with van der Waals surface area (Å²) in [7, 11) is 0. The predicted octanol–water partition coefficient (Wildman–Crippen LogP) is 3.84. The standard InChI is InChI=1S/C16H15ClN4/c1-12-15(7-8-16(17)19-12)18-11-13-9-10-21(20-13)14-5-3-2-4-6-14/h2-10,18H,11H2,1H3. The third-order valence-corrected chi connectivity index (χ3v) is 3.39.